The molecule has 0 aromatic carbocycles. The molecule has 0 radical (unpaired) electrons. The van der Waals surface area contributed by atoms with Gasteiger partial charge in [-0.05, 0) is 18.8 Å². The summed E-state index contributed by atoms with van der Waals surface area (Å²) in [4.78, 5) is 0. The van der Waals surface area contributed by atoms with Crippen LogP contribution < -0.4 is 0 Å². The summed E-state index contributed by atoms with van der Waals surface area (Å²) in [5.41, 5.74) is 0. The molecule has 1 aliphatic carbocycles. The van der Waals surface area contributed by atoms with Crippen LogP contribution in [0.2, 0.25) is 0 Å². The molecule has 0 aliphatic heterocycles. The summed E-state index contributed by atoms with van der Waals surface area (Å²) in [7, 11) is -1.30. The molecule has 84 valence electrons. The Balaban J connectivity index is 2.66. The van der Waals surface area contributed by atoms with Gasteiger partial charge >= 0.3 is 0 Å². The molecule has 4 heteroatoms. The van der Waals surface area contributed by atoms with Gasteiger partial charge in [-0.1, -0.05) is 26.2 Å². The Morgan fingerprint density at radius 1 is 1.21 bits per heavy atom. The minimum absolute atomic E-state index is 0.225. The van der Waals surface area contributed by atoms with Gasteiger partial charge in [-0.25, -0.2) is 12.7 Å². The predicted molar refractivity (Wildman–Crippen MR) is 58.6 cm³/mol. The number of hydrogen-bond donors (Lipinski definition) is 0. The van der Waals surface area contributed by atoms with E-state index in [1.165, 1.54) is 19.1 Å². The van der Waals surface area contributed by atoms with E-state index in [2.05, 4.69) is 6.92 Å². The van der Waals surface area contributed by atoms with E-state index in [4.69, 9.17) is 0 Å². The van der Waals surface area contributed by atoms with E-state index >= 15 is 0 Å². The van der Waals surface area contributed by atoms with Crippen molar-refractivity contribution >= 4 is 10.0 Å². The van der Waals surface area contributed by atoms with Crippen LogP contribution >= 0.6 is 0 Å². The minimum atomic E-state index is -3.01. The molecule has 0 amide bonds. The van der Waals surface area contributed by atoms with Crippen LogP contribution in [0.1, 0.15) is 39.0 Å². The maximum atomic E-state index is 11.4. The van der Waals surface area contributed by atoms with Crippen LogP contribution in [0.5, 0.6) is 0 Å². The summed E-state index contributed by atoms with van der Waals surface area (Å²) in [6.45, 7) is 2.22. The molecule has 1 aliphatic rings. The first kappa shape index (κ1) is 12.0. The molecular weight excluding hydrogens is 198 g/mol. The van der Waals surface area contributed by atoms with Crippen LogP contribution in [0.4, 0.5) is 0 Å². The Hall–Kier alpha value is -0.0900. The smallest absolute Gasteiger partial charge is 0.211 e. The highest BCUT2D eigenvalue weighted by atomic mass is 32.2. The lowest BCUT2D eigenvalue weighted by Crippen LogP contribution is -2.36. The van der Waals surface area contributed by atoms with Crippen molar-refractivity contribution in [3.63, 3.8) is 0 Å². The summed E-state index contributed by atoms with van der Waals surface area (Å²) >= 11 is 0. The van der Waals surface area contributed by atoms with Crippen LogP contribution in [0, 0.1) is 5.92 Å². The highest BCUT2D eigenvalue weighted by Gasteiger charge is 2.25. The van der Waals surface area contributed by atoms with E-state index in [0.29, 0.717) is 5.92 Å². The molecule has 0 bridgehead atoms. The molecule has 1 fully saturated rings. The van der Waals surface area contributed by atoms with Gasteiger partial charge in [0.05, 0.1) is 6.26 Å². The normalized spacial score (nSPS) is 30.3. The third kappa shape index (κ3) is 3.24. The highest BCUT2D eigenvalue weighted by Crippen LogP contribution is 2.26. The summed E-state index contributed by atoms with van der Waals surface area (Å²) in [6.07, 6.45) is 6.98. The molecule has 1 rings (SSSR count). The second-order valence-corrected chi connectivity index (χ2v) is 6.60. The van der Waals surface area contributed by atoms with Gasteiger partial charge in [-0.3, -0.25) is 0 Å². The molecule has 0 saturated heterocycles. The average molecular weight is 219 g/mol. The second-order valence-electron chi connectivity index (χ2n) is 4.56. The zero-order valence-electron chi connectivity index (χ0n) is 9.36. The molecule has 2 atom stereocenters. The van der Waals surface area contributed by atoms with E-state index in [0.717, 1.165) is 19.3 Å². The molecule has 0 unspecified atom stereocenters. The van der Waals surface area contributed by atoms with Gasteiger partial charge in [0.25, 0.3) is 0 Å². The van der Waals surface area contributed by atoms with Crippen LogP contribution in [0.3, 0.4) is 0 Å². The zero-order chi connectivity index (χ0) is 10.8. The van der Waals surface area contributed by atoms with Gasteiger partial charge < -0.3 is 0 Å². The maximum absolute atomic E-state index is 11.4. The van der Waals surface area contributed by atoms with Gasteiger partial charge in [0, 0.05) is 13.1 Å². The highest BCUT2D eigenvalue weighted by molar-refractivity contribution is 7.88. The summed E-state index contributed by atoms with van der Waals surface area (Å²) in [5.74, 6) is 0.659. The van der Waals surface area contributed by atoms with Crippen molar-refractivity contribution in [3.05, 3.63) is 0 Å². The molecule has 3 nitrogen and oxygen atoms in total. The number of hydrogen-bond acceptors (Lipinski definition) is 2. The number of nitrogens with zero attached hydrogens (tertiary/aromatic N) is 1. The molecule has 0 aromatic heterocycles. The lowest BCUT2D eigenvalue weighted by molar-refractivity contribution is 0.311. The molecule has 14 heavy (non-hydrogen) atoms. The Morgan fingerprint density at radius 2 is 1.79 bits per heavy atom. The molecule has 0 aromatic rings. The Morgan fingerprint density at radius 3 is 2.36 bits per heavy atom. The van der Waals surface area contributed by atoms with Crippen molar-refractivity contribution in [2.45, 2.75) is 45.1 Å². The fraction of sp³-hybridized carbons (Fsp3) is 1.00. The van der Waals surface area contributed by atoms with E-state index in [1.807, 2.05) is 0 Å². The van der Waals surface area contributed by atoms with Gasteiger partial charge in [-0.15, -0.1) is 0 Å². The summed E-state index contributed by atoms with van der Waals surface area (Å²) in [6, 6.07) is 0.225. The first-order valence-electron chi connectivity index (χ1n) is 5.34. The molecule has 0 N–H and O–H groups in total. The second kappa shape index (κ2) is 4.62. The van der Waals surface area contributed by atoms with Crippen LogP contribution in [0.15, 0.2) is 0 Å². The van der Waals surface area contributed by atoms with Gasteiger partial charge in [-0.2, -0.15) is 0 Å². The van der Waals surface area contributed by atoms with Gasteiger partial charge in [0.1, 0.15) is 0 Å². The quantitative estimate of drug-likeness (QED) is 0.665. The average Bonchev–Trinajstić information content (AvgIpc) is 2.26. The predicted octanol–water partition coefficient (Wildman–Crippen LogP) is 1.85. The van der Waals surface area contributed by atoms with E-state index in [1.54, 1.807) is 11.4 Å². The Bertz CT molecular complexity index is 274. The topological polar surface area (TPSA) is 37.4 Å². The van der Waals surface area contributed by atoms with Crippen molar-refractivity contribution in [2.75, 3.05) is 13.3 Å². The lowest BCUT2D eigenvalue weighted by atomic mass is 10.0. The Labute approximate surface area is 87.5 Å². The Kier molecular flexibility index (Phi) is 3.95. The lowest BCUT2D eigenvalue weighted by Gasteiger charge is -2.26. The SMILES string of the molecule is C[C@H]1CCCC[C@@H](N(C)S(C)(=O)=O)C1. The fourth-order valence-electron chi connectivity index (χ4n) is 2.17. The van der Waals surface area contributed by atoms with Crippen molar-refractivity contribution in [2.24, 2.45) is 5.92 Å². The fourth-order valence-corrected chi connectivity index (χ4v) is 2.91. The third-order valence-electron chi connectivity index (χ3n) is 3.20. The molecule has 1 saturated carbocycles. The van der Waals surface area contributed by atoms with Crippen molar-refractivity contribution < 1.29 is 8.42 Å². The molecule has 0 spiro atoms. The largest absolute Gasteiger partial charge is 0.213 e. The minimum Gasteiger partial charge on any atom is -0.213 e. The zero-order valence-corrected chi connectivity index (χ0v) is 10.2. The van der Waals surface area contributed by atoms with Gasteiger partial charge in [0.2, 0.25) is 10.0 Å². The summed E-state index contributed by atoms with van der Waals surface area (Å²) < 4.78 is 24.3. The van der Waals surface area contributed by atoms with E-state index < -0.39 is 10.0 Å². The van der Waals surface area contributed by atoms with Gasteiger partial charge in [0.15, 0.2) is 0 Å². The van der Waals surface area contributed by atoms with Crippen LogP contribution in [-0.2, 0) is 10.0 Å². The third-order valence-corrected chi connectivity index (χ3v) is 4.54. The first-order valence-corrected chi connectivity index (χ1v) is 7.19. The van der Waals surface area contributed by atoms with Crippen molar-refractivity contribution in [1.29, 1.82) is 0 Å². The van der Waals surface area contributed by atoms with Crippen molar-refractivity contribution in [3.8, 4) is 0 Å². The van der Waals surface area contributed by atoms with Crippen LogP contribution in [-0.4, -0.2) is 32.1 Å². The maximum Gasteiger partial charge on any atom is 0.211 e. The molecule has 0 heterocycles. The van der Waals surface area contributed by atoms with Crippen LogP contribution in [0.25, 0.3) is 0 Å². The van der Waals surface area contributed by atoms with E-state index in [9.17, 15) is 8.42 Å². The molecular formula is C10H21NO2S. The number of rotatable bonds is 2. The standard InChI is InChI=1S/C10H21NO2S/c1-9-6-4-5-7-10(8-9)11(2)14(3,12)13/h9-10H,4-8H2,1-3H3/t9-,10+/m0/s1. The monoisotopic (exact) mass is 219 g/mol. The van der Waals surface area contributed by atoms with E-state index in [-0.39, 0.29) is 6.04 Å². The first-order chi connectivity index (χ1) is 6.41. The number of sulfonamides is 1. The summed E-state index contributed by atoms with van der Waals surface area (Å²) in [5, 5.41) is 0. The van der Waals surface area contributed by atoms with Crippen molar-refractivity contribution in [1.82, 2.24) is 4.31 Å².